The first kappa shape index (κ1) is 13.6. The first-order valence-corrected chi connectivity index (χ1v) is 7.04. The summed E-state index contributed by atoms with van der Waals surface area (Å²) in [5.74, 6) is 0. The lowest BCUT2D eigenvalue weighted by molar-refractivity contribution is 0.123. The number of hydrogen-bond donors (Lipinski definition) is 2. The molecule has 2 nitrogen and oxygen atoms in total. The van der Waals surface area contributed by atoms with Crippen molar-refractivity contribution in [2.45, 2.75) is 51.6 Å². The molecule has 0 aromatic heterocycles. The van der Waals surface area contributed by atoms with Crippen molar-refractivity contribution in [3.8, 4) is 0 Å². The second-order valence-corrected chi connectivity index (χ2v) is 6.52. The minimum Gasteiger partial charge on any atom is -0.329 e. The first-order chi connectivity index (χ1) is 8.55. The number of benzene rings is 1. The van der Waals surface area contributed by atoms with Gasteiger partial charge < -0.3 is 11.1 Å². The SMILES string of the molecule is CC1(C)CCCC(CN)(NCc2ccccc2)C1. The van der Waals surface area contributed by atoms with Gasteiger partial charge in [-0.1, -0.05) is 50.6 Å². The zero-order valence-electron chi connectivity index (χ0n) is 11.7. The van der Waals surface area contributed by atoms with Gasteiger partial charge in [0.25, 0.3) is 0 Å². The van der Waals surface area contributed by atoms with E-state index in [4.69, 9.17) is 5.73 Å². The van der Waals surface area contributed by atoms with Gasteiger partial charge in [-0.3, -0.25) is 0 Å². The van der Waals surface area contributed by atoms with Gasteiger partial charge in [0.1, 0.15) is 0 Å². The van der Waals surface area contributed by atoms with Crippen molar-refractivity contribution in [2.75, 3.05) is 6.54 Å². The molecule has 1 aromatic rings. The second-order valence-electron chi connectivity index (χ2n) is 6.52. The van der Waals surface area contributed by atoms with E-state index in [0.717, 1.165) is 13.1 Å². The van der Waals surface area contributed by atoms with E-state index in [1.165, 1.54) is 31.2 Å². The standard InChI is InChI=1S/C16H26N2/c1-15(2)9-6-10-16(12-15,13-17)18-11-14-7-4-3-5-8-14/h3-5,7-8,18H,6,9-13,17H2,1-2H3. The molecule has 0 aliphatic heterocycles. The Morgan fingerprint density at radius 2 is 1.89 bits per heavy atom. The first-order valence-electron chi connectivity index (χ1n) is 7.04. The van der Waals surface area contributed by atoms with Gasteiger partial charge in [-0.25, -0.2) is 0 Å². The zero-order valence-corrected chi connectivity index (χ0v) is 11.7. The summed E-state index contributed by atoms with van der Waals surface area (Å²) < 4.78 is 0. The second kappa shape index (κ2) is 5.41. The molecule has 0 spiro atoms. The molecule has 0 bridgehead atoms. The molecule has 1 saturated carbocycles. The van der Waals surface area contributed by atoms with Crippen LogP contribution in [0.25, 0.3) is 0 Å². The molecular formula is C16H26N2. The fourth-order valence-corrected chi connectivity index (χ4v) is 3.28. The Bertz CT molecular complexity index is 372. The Balaban J connectivity index is 2.00. The third-order valence-corrected chi connectivity index (χ3v) is 4.23. The van der Waals surface area contributed by atoms with E-state index in [-0.39, 0.29) is 5.54 Å². The fourth-order valence-electron chi connectivity index (χ4n) is 3.28. The normalized spacial score (nSPS) is 27.1. The summed E-state index contributed by atoms with van der Waals surface area (Å²) in [6.45, 7) is 6.39. The monoisotopic (exact) mass is 246 g/mol. The Hall–Kier alpha value is -0.860. The van der Waals surface area contributed by atoms with Crippen LogP contribution in [0.1, 0.15) is 45.1 Å². The highest BCUT2D eigenvalue weighted by molar-refractivity contribution is 5.15. The summed E-state index contributed by atoms with van der Waals surface area (Å²) in [5, 5.41) is 3.73. The molecule has 0 heterocycles. The van der Waals surface area contributed by atoms with Gasteiger partial charge in [-0.15, -0.1) is 0 Å². The van der Waals surface area contributed by atoms with Crippen LogP contribution in [-0.4, -0.2) is 12.1 Å². The number of hydrogen-bond acceptors (Lipinski definition) is 2. The van der Waals surface area contributed by atoms with Gasteiger partial charge in [0.05, 0.1) is 0 Å². The summed E-state index contributed by atoms with van der Waals surface area (Å²) in [7, 11) is 0. The van der Waals surface area contributed by atoms with Crippen LogP contribution in [-0.2, 0) is 6.54 Å². The molecule has 1 aliphatic rings. The van der Waals surface area contributed by atoms with E-state index in [2.05, 4.69) is 49.5 Å². The summed E-state index contributed by atoms with van der Waals surface area (Å²) in [6.07, 6.45) is 5.00. The van der Waals surface area contributed by atoms with Crippen LogP contribution < -0.4 is 11.1 Å². The largest absolute Gasteiger partial charge is 0.329 e. The van der Waals surface area contributed by atoms with Crippen LogP contribution in [0.3, 0.4) is 0 Å². The van der Waals surface area contributed by atoms with Crippen molar-refractivity contribution < 1.29 is 0 Å². The molecule has 2 rings (SSSR count). The fraction of sp³-hybridized carbons (Fsp3) is 0.625. The molecule has 0 saturated heterocycles. The highest BCUT2D eigenvalue weighted by Gasteiger charge is 2.38. The number of nitrogens with two attached hydrogens (primary N) is 1. The molecule has 3 N–H and O–H groups in total. The van der Waals surface area contributed by atoms with E-state index >= 15 is 0 Å². The molecule has 0 amide bonds. The van der Waals surface area contributed by atoms with E-state index in [0.29, 0.717) is 5.41 Å². The minimum atomic E-state index is 0.136. The molecule has 1 atom stereocenters. The molecule has 1 aliphatic carbocycles. The van der Waals surface area contributed by atoms with Crippen molar-refractivity contribution >= 4 is 0 Å². The van der Waals surface area contributed by atoms with Crippen molar-refractivity contribution in [3.05, 3.63) is 35.9 Å². The predicted molar refractivity (Wildman–Crippen MR) is 77.3 cm³/mol. The maximum absolute atomic E-state index is 6.06. The topological polar surface area (TPSA) is 38.0 Å². The number of nitrogens with one attached hydrogen (secondary N) is 1. The lowest BCUT2D eigenvalue weighted by Crippen LogP contribution is -2.55. The molecule has 1 fully saturated rings. The van der Waals surface area contributed by atoms with Crippen molar-refractivity contribution in [3.63, 3.8) is 0 Å². The summed E-state index contributed by atoms with van der Waals surface area (Å²) in [5.41, 5.74) is 7.96. The highest BCUT2D eigenvalue weighted by Crippen LogP contribution is 2.40. The average Bonchev–Trinajstić information content (AvgIpc) is 2.37. The number of rotatable bonds is 4. The van der Waals surface area contributed by atoms with Crippen LogP contribution >= 0.6 is 0 Å². The predicted octanol–water partition coefficient (Wildman–Crippen LogP) is 3.07. The van der Waals surface area contributed by atoms with Gasteiger partial charge in [-0.05, 0) is 30.2 Å². The van der Waals surface area contributed by atoms with E-state index in [1.807, 2.05) is 0 Å². The van der Waals surface area contributed by atoms with Crippen LogP contribution in [0.5, 0.6) is 0 Å². The zero-order chi connectivity index (χ0) is 13.1. The summed E-state index contributed by atoms with van der Waals surface area (Å²) in [6, 6.07) is 10.6. The lowest BCUT2D eigenvalue weighted by Gasteiger charge is -2.45. The van der Waals surface area contributed by atoms with E-state index < -0.39 is 0 Å². The summed E-state index contributed by atoms with van der Waals surface area (Å²) in [4.78, 5) is 0. The molecule has 2 heteroatoms. The molecule has 0 radical (unpaired) electrons. The van der Waals surface area contributed by atoms with Crippen molar-refractivity contribution in [1.29, 1.82) is 0 Å². The Labute approximate surface area is 111 Å². The van der Waals surface area contributed by atoms with Gasteiger partial charge >= 0.3 is 0 Å². The van der Waals surface area contributed by atoms with Crippen molar-refractivity contribution in [2.24, 2.45) is 11.1 Å². The Morgan fingerprint density at radius 1 is 1.17 bits per heavy atom. The molecular weight excluding hydrogens is 220 g/mol. The van der Waals surface area contributed by atoms with Gasteiger partial charge in [0, 0.05) is 18.6 Å². The minimum absolute atomic E-state index is 0.136. The molecule has 1 aromatic carbocycles. The Kier molecular flexibility index (Phi) is 4.08. The van der Waals surface area contributed by atoms with Gasteiger partial charge in [0.15, 0.2) is 0 Å². The Morgan fingerprint density at radius 3 is 2.50 bits per heavy atom. The molecule has 100 valence electrons. The third kappa shape index (κ3) is 3.33. The summed E-state index contributed by atoms with van der Waals surface area (Å²) >= 11 is 0. The smallest absolute Gasteiger partial charge is 0.0312 e. The van der Waals surface area contributed by atoms with Gasteiger partial charge in [-0.2, -0.15) is 0 Å². The third-order valence-electron chi connectivity index (χ3n) is 4.23. The van der Waals surface area contributed by atoms with Crippen LogP contribution in [0.15, 0.2) is 30.3 Å². The van der Waals surface area contributed by atoms with E-state index in [9.17, 15) is 0 Å². The maximum Gasteiger partial charge on any atom is 0.0312 e. The van der Waals surface area contributed by atoms with Crippen molar-refractivity contribution in [1.82, 2.24) is 5.32 Å². The average molecular weight is 246 g/mol. The van der Waals surface area contributed by atoms with E-state index in [1.54, 1.807) is 0 Å². The van der Waals surface area contributed by atoms with Crippen LogP contribution in [0.2, 0.25) is 0 Å². The maximum atomic E-state index is 6.06. The van der Waals surface area contributed by atoms with Crippen LogP contribution in [0.4, 0.5) is 0 Å². The van der Waals surface area contributed by atoms with Crippen LogP contribution in [0, 0.1) is 5.41 Å². The molecule has 18 heavy (non-hydrogen) atoms. The quantitative estimate of drug-likeness (QED) is 0.857. The highest BCUT2D eigenvalue weighted by atomic mass is 15.0. The molecule has 1 unspecified atom stereocenters. The lowest BCUT2D eigenvalue weighted by atomic mass is 9.68. The van der Waals surface area contributed by atoms with Gasteiger partial charge in [0.2, 0.25) is 0 Å².